The molecule has 1 heterocycles. The monoisotopic (exact) mass is 188 g/mol. The maximum Gasteiger partial charge on any atom is 0.0198 e. The van der Waals surface area contributed by atoms with E-state index in [2.05, 4.69) is 23.8 Å². The van der Waals surface area contributed by atoms with Gasteiger partial charge in [-0.1, -0.05) is 17.7 Å². The predicted octanol–water partition coefficient (Wildman–Crippen LogP) is 1.37. The van der Waals surface area contributed by atoms with Crippen molar-refractivity contribution >= 4 is 11.6 Å². The van der Waals surface area contributed by atoms with E-state index in [4.69, 9.17) is 11.6 Å². The Morgan fingerprint density at radius 1 is 1.50 bits per heavy atom. The lowest BCUT2D eigenvalue weighted by molar-refractivity contribution is 0.112. The van der Waals surface area contributed by atoms with Crippen LogP contribution in [0.5, 0.6) is 0 Å². The first-order chi connectivity index (χ1) is 5.74. The summed E-state index contributed by atoms with van der Waals surface area (Å²) in [6.07, 6.45) is 2.00. The minimum absolute atomic E-state index is 0.650. The molecule has 0 aromatic rings. The lowest BCUT2D eigenvalue weighted by Crippen LogP contribution is -2.50. The number of rotatable bonds is 2. The van der Waals surface area contributed by atoms with E-state index in [1.54, 1.807) is 5.54 Å². The van der Waals surface area contributed by atoms with E-state index in [0.29, 0.717) is 6.04 Å². The van der Waals surface area contributed by atoms with Gasteiger partial charge in [0.15, 0.2) is 0 Å². The van der Waals surface area contributed by atoms with Gasteiger partial charge in [0.05, 0.1) is 0 Å². The molecule has 1 aliphatic heterocycles. The molecule has 1 saturated heterocycles. The summed E-state index contributed by atoms with van der Waals surface area (Å²) < 4.78 is 0. The van der Waals surface area contributed by atoms with Crippen molar-refractivity contribution in [3.05, 3.63) is 11.6 Å². The fraction of sp³-hybridized carbons (Fsp3) is 0.778. The molecular weight excluding hydrogens is 172 g/mol. The van der Waals surface area contributed by atoms with Crippen LogP contribution in [0.15, 0.2) is 11.6 Å². The van der Waals surface area contributed by atoms with Gasteiger partial charge >= 0.3 is 0 Å². The van der Waals surface area contributed by atoms with Crippen LogP contribution in [-0.2, 0) is 0 Å². The Morgan fingerprint density at radius 3 is 2.83 bits per heavy atom. The van der Waals surface area contributed by atoms with Crippen LogP contribution in [0.25, 0.3) is 0 Å². The van der Waals surface area contributed by atoms with Gasteiger partial charge < -0.3 is 4.90 Å². The van der Waals surface area contributed by atoms with Crippen LogP contribution in [0, 0.1) is 0 Å². The number of likely N-dealkylation sites (N-methyl/N-ethyl adjacent to an activating group) is 1. The van der Waals surface area contributed by atoms with Gasteiger partial charge in [0.25, 0.3) is 0 Å². The summed E-state index contributed by atoms with van der Waals surface area (Å²) in [6.45, 7) is 6.73. The summed E-state index contributed by atoms with van der Waals surface area (Å²) in [7, 11) is 2.17. The topological polar surface area (TPSA) is 6.48 Å². The molecule has 1 atom stereocenters. The molecule has 0 aromatic heterocycles. The average molecular weight is 189 g/mol. The lowest BCUT2D eigenvalue weighted by Gasteiger charge is -2.37. The first-order valence-electron chi connectivity index (χ1n) is 4.42. The molecular formula is C9H17ClN2. The third-order valence-corrected chi connectivity index (χ3v) is 2.58. The Morgan fingerprint density at radius 2 is 2.25 bits per heavy atom. The van der Waals surface area contributed by atoms with Crippen LogP contribution in [0.2, 0.25) is 0 Å². The SMILES string of the molecule is CC1CN(C)CCN1C/C=C/Cl. The quantitative estimate of drug-likeness (QED) is 0.646. The van der Waals surface area contributed by atoms with E-state index in [1.807, 2.05) is 6.08 Å². The second-order valence-electron chi connectivity index (χ2n) is 3.47. The number of hydrogen-bond acceptors (Lipinski definition) is 2. The largest absolute Gasteiger partial charge is 0.304 e. The van der Waals surface area contributed by atoms with E-state index in [9.17, 15) is 0 Å². The highest BCUT2D eigenvalue weighted by atomic mass is 35.5. The van der Waals surface area contributed by atoms with Gasteiger partial charge in [-0.25, -0.2) is 0 Å². The molecule has 1 fully saturated rings. The average Bonchev–Trinajstić information content (AvgIpc) is 2.03. The van der Waals surface area contributed by atoms with Gasteiger partial charge in [0.2, 0.25) is 0 Å². The third kappa shape index (κ3) is 2.77. The Hall–Kier alpha value is -0.0500. The van der Waals surface area contributed by atoms with E-state index in [-0.39, 0.29) is 0 Å². The molecule has 0 amide bonds. The summed E-state index contributed by atoms with van der Waals surface area (Å²) in [6, 6.07) is 0.650. The highest BCUT2D eigenvalue weighted by Crippen LogP contribution is 2.07. The van der Waals surface area contributed by atoms with E-state index in [1.165, 1.54) is 6.54 Å². The Kier molecular flexibility index (Phi) is 4.06. The fourth-order valence-corrected chi connectivity index (χ4v) is 1.70. The molecule has 0 N–H and O–H groups in total. The molecule has 0 spiro atoms. The van der Waals surface area contributed by atoms with Crippen molar-refractivity contribution in [2.75, 3.05) is 33.2 Å². The molecule has 1 rings (SSSR count). The fourth-order valence-electron chi connectivity index (χ4n) is 1.62. The zero-order chi connectivity index (χ0) is 8.97. The second-order valence-corrected chi connectivity index (χ2v) is 3.72. The Bertz CT molecular complexity index is 159. The number of hydrogen-bond donors (Lipinski definition) is 0. The molecule has 1 unspecified atom stereocenters. The highest BCUT2D eigenvalue weighted by molar-refractivity contribution is 6.25. The maximum atomic E-state index is 5.48. The zero-order valence-corrected chi connectivity index (χ0v) is 8.59. The minimum Gasteiger partial charge on any atom is -0.304 e. The van der Waals surface area contributed by atoms with Crippen molar-refractivity contribution in [1.29, 1.82) is 0 Å². The van der Waals surface area contributed by atoms with Gasteiger partial charge in [-0.15, -0.1) is 0 Å². The van der Waals surface area contributed by atoms with Gasteiger partial charge in [0.1, 0.15) is 0 Å². The summed E-state index contributed by atoms with van der Waals surface area (Å²) >= 11 is 5.48. The van der Waals surface area contributed by atoms with Crippen molar-refractivity contribution in [1.82, 2.24) is 9.80 Å². The Labute approximate surface area is 79.8 Å². The van der Waals surface area contributed by atoms with Crippen LogP contribution in [0.4, 0.5) is 0 Å². The van der Waals surface area contributed by atoms with Crippen LogP contribution in [0.1, 0.15) is 6.92 Å². The van der Waals surface area contributed by atoms with Crippen molar-refractivity contribution < 1.29 is 0 Å². The second kappa shape index (κ2) is 4.85. The first-order valence-corrected chi connectivity index (χ1v) is 4.85. The molecule has 70 valence electrons. The summed E-state index contributed by atoms with van der Waals surface area (Å²) in [5.41, 5.74) is 1.60. The van der Waals surface area contributed by atoms with Crippen LogP contribution < -0.4 is 0 Å². The zero-order valence-electron chi connectivity index (χ0n) is 7.83. The van der Waals surface area contributed by atoms with Gasteiger partial charge in [0, 0.05) is 37.8 Å². The number of nitrogens with zero attached hydrogens (tertiary/aromatic N) is 2. The maximum absolute atomic E-state index is 5.48. The van der Waals surface area contributed by atoms with Gasteiger partial charge in [-0.2, -0.15) is 0 Å². The molecule has 12 heavy (non-hydrogen) atoms. The molecule has 0 aromatic carbocycles. The summed E-state index contributed by atoms with van der Waals surface area (Å²) in [5.74, 6) is 0. The number of piperazine rings is 1. The highest BCUT2D eigenvalue weighted by Gasteiger charge is 2.19. The van der Waals surface area contributed by atoms with Crippen molar-refractivity contribution in [2.24, 2.45) is 0 Å². The molecule has 0 saturated carbocycles. The van der Waals surface area contributed by atoms with Crippen LogP contribution in [0.3, 0.4) is 0 Å². The van der Waals surface area contributed by atoms with E-state index in [0.717, 1.165) is 19.6 Å². The molecule has 1 aliphatic rings. The summed E-state index contributed by atoms with van der Waals surface area (Å²) in [5, 5.41) is 0. The molecule has 0 radical (unpaired) electrons. The molecule has 0 bridgehead atoms. The van der Waals surface area contributed by atoms with E-state index < -0.39 is 0 Å². The van der Waals surface area contributed by atoms with Crippen LogP contribution >= 0.6 is 11.6 Å². The molecule has 0 aliphatic carbocycles. The van der Waals surface area contributed by atoms with Gasteiger partial charge in [-0.05, 0) is 14.0 Å². The predicted molar refractivity (Wildman–Crippen MR) is 53.5 cm³/mol. The Balaban J connectivity index is 2.34. The van der Waals surface area contributed by atoms with Crippen molar-refractivity contribution in [3.63, 3.8) is 0 Å². The minimum atomic E-state index is 0.650. The molecule has 2 nitrogen and oxygen atoms in total. The normalized spacial score (nSPS) is 28.4. The van der Waals surface area contributed by atoms with Crippen LogP contribution in [-0.4, -0.2) is 49.1 Å². The van der Waals surface area contributed by atoms with Crippen molar-refractivity contribution in [2.45, 2.75) is 13.0 Å². The van der Waals surface area contributed by atoms with E-state index >= 15 is 0 Å². The number of halogens is 1. The first kappa shape index (κ1) is 10.0. The van der Waals surface area contributed by atoms with Crippen molar-refractivity contribution in [3.8, 4) is 0 Å². The smallest absolute Gasteiger partial charge is 0.0198 e. The standard InChI is InChI=1S/C9H17ClN2/c1-9-8-11(2)6-7-12(9)5-3-4-10/h3-4,9H,5-8H2,1-2H3/b4-3+. The summed E-state index contributed by atoms with van der Waals surface area (Å²) in [4.78, 5) is 4.81. The lowest BCUT2D eigenvalue weighted by atomic mass is 10.2. The molecule has 3 heteroatoms. The third-order valence-electron chi connectivity index (χ3n) is 2.40. The van der Waals surface area contributed by atoms with Gasteiger partial charge in [-0.3, -0.25) is 4.90 Å².